The van der Waals surface area contributed by atoms with Gasteiger partial charge in [0.1, 0.15) is 6.54 Å². The van der Waals surface area contributed by atoms with E-state index in [1.165, 1.54) is 58.3 Å². The van der Waals surface area contributed by atoms with Gasteiger partial charge in [0.15, 0.2) is 17.4 Å². The molecule has 364 valence electrons. The molecule has 23 heteroatoms. The summed E-state index contributed by atoms with van der Waals surface area (Å²) in [7, 11) is 1.64. The maximum absolute atomic E-state index is 14.0. The number of aromatic nitrogens is 4. The van der Waals surface area contributed by atoms with Gasteiger partial charge in [0.2, 0.25) is 23.4 Å². The fraction of sp³-hybridized carbons (Fsp3) is 0.250. The Bertz CT molecular complexity index is 2990. The van der Waals surface area contributed by atoms with Crippen molar-refractivity contribution in [3.8, 4) is 22.9 Å². The van der Waals surface area contributed by atoms with Crippen molar-refractivity contribution in [2.45, 2.75) is 57.5 Å². The summed E-state index contributed by atoms with van der Waals surface area (Å²) in [4.78, 5) is 66.4. The molecule has 1 aromatic heterocycles. The van der Waals surface area contributed by atoms with E-state index in [1.807, 2.05) is 0 Å². The molecule has 0 unspecified atom stereocenters. The van der Waals surface area contributed by atoms with Gasteiger partial charge in [-0.1, -0.05) is 67.1 Å². The quantitative estimate of drug-likeness (QED) is 0.0163. The molecular weight excluding hydrogens is 930 g/mol. The molecule has 71 heavy (non-hydrogen) atoms. The lowest BCUT2D eigenvalue weighted by molar-refractivity contribution is -0.386. The smallest absolute Gasteiger partial charge is 0.442 e. The van der Waals surface area contributed by atoms with Crippen LogP contribution < -0.4 is 5.32 Å². The van der Waals surface area contributed by atoms with Gasteiger partial charge in [-0.05, 0) is 73.4 Å². The lowest BCUT2D eigenvalue weighted by Gasteiger charge is -2.23. The number of rotatable bonds is 20. The van der Waals surface area contributed by atoms with Gasteiger partial charge in [0.25, 0.3) is 5.91 Å². The number of nitro benzene ring substituents is 1. The summed E-state index contributed by atoms with van der Waals surface area (Å²) < 4.78 is 40.1. The number of carbonyl (C=O) groups excluding carboxylic acids is 4. The number of benzene rings is 5. The minimum absolute atomic E-state index is 0.0568. The summed E-state index contributed by atoms with van der Waals surface area (Å²) in [5.74, 6) is -2.61. The highest BCUT2D eigenvalue weighted by Crippen LogP contribution is 2.52. The Kier molecular flexibility index (Phi) is 15.2. The Morgan fingerprint density at radius 2 is 1.32 bits per heavy atom. The van der Waals surface area contributed by atoms with Crippen molar-refractivity contribution in [2.75, 3.05) is 20.1 Å². The number of phenols is 2. The van der Waals surface area contributed by atoms with E-state index in [2.05, 4.69) is 46.2 Å². The molecule has 2 heterocycles. The van der Waals surface area contributed by atoms with E-state index >= 15 is 0 Å². The highest BCUT2D eigenvalue weighted by molar-refractivity contribution is 6.09. The van der Waals surface area contributed by atoms with E-state index in [0.717, 1.165) is 12.1 Å². The summed E-state index contributed by atoms with van der Waals surface area (Å²) in [6.07, 6.45) is -2.71. The van der Waals surface area contributed by atoms with Crippen LogP contribution >= 0.6 is 0 Å². The van der Waals surface area contributed by atoms with Crippen LogP contribution in [-0.4, -0.2) is 95.1 Å². The van der Waals surface area contributed by atoms with Crippen molar-refractivity contribution in [3.63, 3.8) is 0 Å². The van der Waals surface area contributed by atoms with E-state index in [1.54, 1.807) is 62.5 Å². The molecule has 6 aromatic rings. The number of hydrogen-bond acceptors (Lipinski definition) is 16. The highest BCUT2D eigenvalue weighted by atomic mass is 19.4. The first-order valence-electron chi connectivity index (χ1n) is 21.8. The van der Waals surface area contributed by atoms with Crippen LogP contribution in [0.2, 0.25) is 0 Å². The number of unbranched alkanes of at least 4 members (excludes halogenated alkanes) is 2. The van der Waals surface area contributed by atoms with Gasteiger partial charge >= 0.3 is 17.5 Å². The zero-order valence-corrected chi connectivity index (χ0v) is 37.9. The lowest BCUT2D eigenvalue weighted by atomic mass is 10.0. The number of ketones is 1. The first-order chi connectivity index (χ1) is 33.9. The fourth-order valence-electron chi connectivity index (χ4n) is 7.14. The number of alkyl halides is 3. The van der Waals surface area contributed by atoms with Crippen LogP contribution in [0.1, 0.15) is 74.5 Å². The molecule has 1 aliphatic rings. The van der Waals surface area contributed by atoms with Crippen LogP contribution in [0, 0.1) is 17.0 Å². The molecule has 0 aliphatic carbocycles. The molecule has 0 bridgehead atoms. The molecule has 0 spiro atoms. The molecule has 7 rings (SSSR count). The van der Waals surface area contributed by atoms with Gasteiger partial charge in [0.05, 0.1) is 16.3 Å². The predicted octanol–water partition coefficient (Wildman–Crippen LogP) is 8.37. The Balaban J connectivity index is 0.897. The maximum atomic E-state index is 14.0. The third-order valence-electron chi connectivity index (χ3n) is 11.1. The van der Waals surface area contributed by atoms with E-state index in [4.69, 9.17) is 0 Å². The zero-order chi connectivity index (χ0) is 50.9. The number of aromatic hydroxyl groups is 2. The first kappa shape index (κ1) is 50.0. The number of phenolic OH excluding ortho intramolecular Hbond substituents is 2. The van der Waals surface area contributed by atoms with Crippen molar-refractivity contribution in [1.29, 1.82) is 0 Å². The van der Waals surface area contributed by atoms with Crippen molar-refractivity contribution in [3.05, 3.63) is 159 Å². The summed E-state index contributed by atoms with van der Waals surface area (Å²) >= 11 is 0. The monoisotopic (exact) mass is 972 g/mol. The lowest BCUT2D eigenvalue weighted by Crippen LogP contribution is -2.40. The van der Waals surface area contributed by atoms with E-state index < -0.39 is 51.5 Å². The highest BCUT2D eigenvalue weighted by Gasteiger charge is 2.65. The SMILES string of the molecule is Cc1nnc(-c2ccc(CN(CC(=O)NCCCCCC(=O)N(C)Cc3ccc(C(=O)c4cc(O)c(O)c([N+](=O)[O-])c4)cc3)C(=O)c3ccc(/N=N/c4ccc(C5(C(F)(F)F)N=N5)cc4)cc3)cc2)nn1. The third kappa shape index (κ3) is 12.4. The van der Waals surface area contributed by atoms with Gasteiger partial charge in [-0.25, -0.2) is 0 Å². The summed E-state index contributed by atoms with van der Waals surface area (Å²) in [6.45, 7) is 1.96. The van der Waals surface area contributed by atoms with Gasteiger partial charge in [-0.15, -0.1) is 30.6 Å². The van der Waals surface area contributed by atoms with Gasteiger partial charge in [-0.3, -0.25) is 29.3 Å². The minimum Gasteiger partial charge on any atom is -0.504 e. The second-order valence-electron chi connectivity index (χ2n) is 16.3. The van der Waals surface area contributed by atoms with Gasteiger partial charge in [0, 0.05) is 67.0 Å². The second kappa shape index (κ2) is 21.6. The predicted molar refractivity (Wildman–Crippen MR) is 246 cm³/mol. The van der Waals surface area contributed by atoms with Gasteiger partial charge < -0.3 is 25.3 Å². The second-order valence-corrected chi connectivity index (χ2v) is 16.3. The molecule has 0 atom stereocenters. The maximum Gasteiger partial charge on any atom is 0.442 e. The normalized spacial score (nSPS) is 12.6. The molecule has 3 N–H and O–H groups in total. The molecule has 0 saturated heterocycles. The van der Waals surface area contributed by atoms with Gasteiger partial charge in [-0.2, -0.15) is 23.4 Å². The molecule has 20 nitrogen and oxygen atoms in total. The molecule has 0 radical (unpaired) electrons. The van der Waals surface area contributed by atoms with E-state index in [-0.39, 0.29) is 66.4 Å². The Morgan fingerprint density at radius 1 is 0.746 bits per heavy atom. The van der Waals surface area contributed by atoms with E-state index in [9.17, 15) is 52.7 Å². The van der Waals surface area contributed by atoms with Crippen molar-refractivity contribution in [2.24, 2.45) is 20.5 Å². The number of azo groups is 1. The average Bonchev–Trinajstić information content (AvgIpc) is 4.19. The standard InChI is InChI=1S/C48H43F3N12O8/c1-29-53-57-45(58-54-29)33-13-9-31(10-14-33)27-62(46(69)34-15-19-37(20-16-34)55-56-38-21-17-36(18-22-38)47(59-60-47)48(49,50)51)28-41(65)52-23-5-3-4-6-42(66)61(2)26-30-7-11-32(12-8-30)43(67)35-24-39(63(70)71)44(68)40(64)25-35/h7-22,24-25,64,68H,3-6,23,26-28H2,1-2H3,(H,52,65)/b56-55+. The van der Waals surface area contributed by atoms with Crippen LogP contribution in [0.4, 0.5) is 30.2 Å². The van der Waals surface area contributed by atoms with Crippen LogP contribution in [-0.2, 0) is 28.3 Å². The van der Waals surface area contributed by atoms with Crippen molar-refractivity contribution in [1.82, 2.24) is 35.5 Å². The summed E-state index contributed by atoms with van der Waals surface area (Å²) in [5.41, 5.74) is -0.537. The van der Waals surface area contributed by atoms with Crippen molar-refractivity contribution < 1.29 is 47.5 Å². The largest absolute Gasteiger partial charge is 0.504 e. The number of nitrogens with one attached hydrogen (secondary N) is 1. The number of carbonyl (C=O) groups is 4. The zero-order valence-electron chi connectivity index (χ0n) is 37.9. The Hall–Kier alpha value is -8.89. The van der Waals surface area contributed by atoms with Crippen LogP contribution in [0.15, 0.2) is 130 Å². The number of nitrogens with zero attached hydrogens (tertiary/aromatic N) is 11. The topological polar surface area (TPSA) is 271 Å². The number of nitro groups is 1. The third-order valence-corrected chi connectivity index (χ3v) is 11.1. The molecule has 3 amide bonds. The molecule has 0 saturated carbocycles. The molecule has 5 aromatic carbocycles. The molecular formula is C48H43F3N12O8. The molecule has 0 fully saturated rings. The number of aryl methyl sites for hydroxylation is 1. The Morgan fingerprint density at radius 3 is 1.92 bits per heavy atom. The fourth-order valence-corrected chi connectivity index (χ4v) is 7.14. The number of amides is 3. The number of halogens is 3. The molecule has 1 aliphatic heterocycles. The Labute approximate surface area is 402 Å². The first-order valence-corrected chi connectivity index (χ1v) is 21.8. The van der Waals surface area contributed by atoms with Crippen LogP contribution in [0.25, 0.3) is 11.4 Å². The average molecular weight is 973 g/mol. The van der Waals surface area contributed by atoms with Crippen LogP contribution in [0.3, 0.4) is 0 Å². The summed E-state index contributed by atoms with van der Waals surface area (Å²) in [6, 6.07) is 26.5. The van der Waals surface area contributed by atoms with E-state index in [0.29, 0.717) is 53.3 Å². The van der Waals surface area contributed by atoms with Crippen LogP contribution in [0.5, 0.6) is 11.5 Å². The minimum atomic E-state index is -4.66. The summed E-state index contributed by atoms with van der Waals surface area (Å²) in [5, 5.41) is 64.3. The van der Waals surface area contributed by atoms with Crippen molar-refractivity contribution >= 4 is 40.6 Å². The number of hydrogen-bond donors (Lipinski definition) is 3.